The Kier molecular flexibility index (Phi) is 2.07. The number of benzene rings is 1. The molecule has 4 bridgehead atoms. The van der Waals surface area contributed by atoms with E-state index in [4.69, 9.17) is 9.47 Å². The fraction of sp³-hybridized carbons (Fsp3) is 0.647. The van der Waals surface area contributed by atoms with E-state index in [-0.39, 0.29) is 24.2 Å². The number of aliphatic hydroxyl groups is 3. The lowest BCUT2D eigenvalue weighted by atomic mass is 9.64. The van der Waals surface area contributed by atoms with Crippen molar-refractivity contribution < 1.29 is 24.8 Å². The van der Waals surface area contributed by atoms with E-state index in [2.05, 4.69) is 4.90 Å². The molecule has 23 heavy (non-hydrogen) atoms. The fourth-order valence-corrected chi connectivity index (χ4v) is 6.41. The lowest BCUT2D eigenvalue weighted by molar-refractivity contribution is -0.0707. The summed E-state index contributed by atoms with van der Waals surface area (Å²) < 4.78 is 11.0. The van der Waals surface area contributed by atoms with Crippen LogP contribution in [0.3, 0.4) is 0 Å². The first kappa shape index (κ1) is 13.0. The molecule has 1 aromatic carbocycles. The standard InChI is InChI=1S/C17H19NO5/c19-13-12-8-4-10-11(23-7-22-10)5-9(8)17(21)6-18-3-1-2-16(12,18)15(17)14(13)20/h4-5,12-15,19-21H,1-3,6-7H2/t12?,13?,14?,15?,16-,17?/m1/s1. The van der Waals surface area contributed by atoms with Crippen LogP contribution in [0.25, 0.3) is 0 Å². The van der Waals surface area contributed by atoms with E-state index in [0.717, 1.165) is 30.5 Å². The maximum Gasteiger partial charge on any atom is 0.231 e. The summed E-state index contributed by atoms with van der Waals surface area (Å²) in [4.78, 5) is 2.30. The van der Waals surface area contributed by atoms with Crippen molar-refractivity contribution >= 4 is 0 Å². The molecule has 0 amide bonds. The van der Waals surface area contributed by atoms with Gasteiger partial charge in [-0.25, -0.2) is 0 Å². The minimum absolute atomic E-state index is 0.183. The smallest absolute Gasteiger partial charge is 0.231 e. The summed E-state index contributed by atoms with van der Waals surface area (Å²) in [6.45, 7) is 1.62. The molecular formula is C17H19NO5. The van der Waals surface area contributed by atoms with Crippen LogP contribution in [-0.4, -0.2) is 57.8 Å². The third kappa shape index (κ3) is 1.16. The van der Waals surface area contributed by atoms with E-state index in [1.807, 2.05) is 12.1 Å². The van der Waals surface area contributed by atoms with Crippen molar-refractivity contribution in [2.75, 3.05) is 19.9 Å². The molecular weight excluding hydrogens is 298 g/mol. The second kappa shape index (κ2) is 3.67. The number of rotatable bonds is 0. The Hall–Kier alpha value is -1.34. The predicted octanol–water partition coefficient (Wildman–Crippen LogP) is -0.100. The quantitative estimate of drug-likeness (QED) is 0.620. The van der Waals surface area contributed by atoms with Gasteiger partial charge in [0.25, 0.3) is 0 Å². The van der Waals surface area contributed by atoms with E-state index >= 15 is 0 Å². The zero-order chi connectivity index (χ0) is 15.6. The summed E-state index contributed by atoms with van der Waals surface area (Å²) in [6, 6.07) is 3.77. The number of ether oxygens (including phenoxy) is 2. The van der Waals surface area contributed by atoms with Crippen molar-refractivity contribution in [1.82, 2.24) is 4.90 Å². The largest absolute Gasteiger partial charge is 0.454 e. The first-order valence-corrected chi connectivity index (χ1v) is 8.35. The molecule has 1 spiro atoms. The summed E-state index contributed by atoms with van der Waals surface area (Å²) in [5.74, 6) is 0.783. The number of β-amino-alcohol motifs (C(OH)–C–C–N with tert-alkyl or cyclic N) is 1. The van der Waals surface area contributed by atoms with Gasteiger partial charge in [-0.05, 0) is 42.6 Å². The number of hydrogen-bond acceptors (Lipinski definition) is 6. The minimum Gasteiger partial charge on any atom is -0.454 e. The Labute approximate surface area is 133 Å². The van der Waals surface area contributed by atoms with Gasteiger partial charge in [-0.2, -0.15) is 0 Å². The normalized spacial score (nSPS) is 48.7. The van der Waals surface area contributed by atoms with Crippen molar-refractivity contribution in [3.63, 3.8) is 0 Å². The molecule has 2 aliphatic carbocycles. The van der Waals surface area contributed by atoms with Gasteiger partial charge >= 0.3 is 0 Å². The second-order valence-electron chi connectivity index (χ2n) is 7.67. The van der Waals surface area contributed by atoms with Crippen LogP contribution in [0.2, 0.25) is 0 Å². The average molecular weight is 317 g/mol. The highest BCUT2D eigenvalue weighted by Gasteiger charge is 2.77. The molecule has 3 heterocycles. The maximum atomic E-state index is 11.6. The molecule has 5 unspecified atom stereocenters. The molecule has 122 valence electrons. The van der Waals surface area contributed by atoms with Gasteiger partial charge < -0.3 is 24.8 Å². The Bertz CT molecular complexity index is 738. The number of fused-ring (bicyclic) bond motifs is 4. The van der Waals surface area contributed by atoms with Crippen LogP contribution in [-0.2, 0) is 5.60 Å². The van der Waals surface area contributed by atoms with E-state index in [1.54, 1.807) is 0 Å². The second-order valence-corrected chi connectivity index (χ2v) is 7.67. The molecule has 3 N–H and O–H groups in total. The summed E-state index contributed by atoms with van der Waals surface area (Å²) in [6.07, 6.45) is 0.195. The van der Waals surface area contributed by atoms with Crippen LogP contribution < -0.4 is 9.47 Å². The Morgan fingerprint density at radius 1 is 1.13 bits per heavy atom. The van der Waals surface area contributed by atoms with E-state index in [1.165, 1.54) is 0 Å². The lowest BCUT2D eigenvalue weighted by Gasteiger charge is -2.44. The molecule has 3 fully saturated rings. The fourth-order valence-electron chi connectivity index (χ4n) is 6.41. The monoisotopic (exact) mass is 317 g/mol. The van der Waals surface area contributed by atoms with Gasteiger partial charge in [-0.3, -0.25) is 4.90 Å². The zero-order valence-electron chi connectivity index (χ0n) is 12.6. The summed E-state index contributed by atoms with van der Waals surface area (Å²) in [5, 5.41) is 33.1. The molecule has 5 aliphatic rings. The molecule has 6 atom stereocenters. The van der Waals surface area contributed by atoms with Gasteiger partial charge in [-0.1, -0.05) is 0 Å². The average Bonchev–Trinajstić information content (AvgIpc) is 3.19. The first-order valence-electron chi connectivity index (χ1n) is 8.35. The third-order valence-corrected chi connectivity index (χ3v) is 7.00. The molecule has 3 aliphatic heterocycles. The topological polar surface area (TPSA) is 82.4 Å². The number of nitrogens with zero attached hydrogens (tertiary/aromatic N) is 1. The van der Waals surface area contributed by atoms with Gasteiger partial charge in [0.15, 0.2) is 11.5 Å². The van der Waals surface area contributed by atoms with Gasteiger partial charge in [0, 0.05) is 23.9 Å². The van der Waals surface area contributed by atoms with E-state index in [9.17, 15) is 15.3 Å². The number of aliphatic hydroxyl groups excluding tert-OH is 2. The summed E-state index contributed by atoms with van der Waals surface area (Å²) in [7, 11) is 0. The molecule has 1 saturated carbocycles. The highest BCUT2D eigenvalue weighted by molar-refractivity contribution is 5.58. The summed E-state index contributed by atoms with van der Waals surface area (Å²) >= 11 is 0. The van der Waals surface area contributed by atoms with Crippen molar-refractivity contribution in [3.8, 4) is 11.5 Å². The van der Waals surface area contributed by atoms with Crippen molar-refractivity contribution in [1.29, 1.82) is 0 Å². The van der Waals surface area contributed by atoms with Crippen molar-refractivity contribution in [2.24, 2.45) is 5.92 Å². The van der Waals surface area contributed by atoms with Crippen LogP contribution in [0.4, 0.5) is 0 Å². The Balaban J connectivity index is 1.69. The molecule has 2 saturated heterocycles. The van der Waals surface area contributed by atoms with Crippen LogP contribution in [0.5, 0.6) is 11.5 Å². The van der Waals surface area contributed by atoms with E-state index in [0.29, 0.717) is 18.0 Å². The minimum atomic E-state index is -1.13. The highest BCUT2D eigenvalue weighted by atomic mass is 16.7. The Morgan fingerprint density at radius 2 is 1.91 bits per heavy atom. The maximum absolute atomic E-state index is 11.6. The van der Waals surface area contributed by atoms with Gasteiger partial charge in [0.2, 0.25) is 6.79 Å². The van der Waals surface area contributed by atoms with Gasteiger partial charge in [-0.15, -0.1) is 0 Å². The third-order valence-electron chi connectivity index (χ3n) is 7.00. The van der Waals surface area contributed by atoms with Gasteiger partial charge in [0.1, 0.15) is 5.60 Å². The first-order chi connectivity index (χ1) is 11.1. The zero-order valence-corrected chi connectivity index (χ0v) is 12.6. The lowest BCUT2D eigenvalue weighted by Crippen LogP contribution is -2.51. The Morgan fingerprint density at radius 3 is 2.74 bits per heavy atom. The molecule has 6 nitrogen and oxygen atoms in total. The predicted molar refractivity (Wildman–Crippen MR) is 78.2 cm³/mol. The molecule has 1 aromatic rings. The van der Waals surface area contributed by atoms with Crippen molar-refractivity contribution in [2.45, 2.75) is 42.1 Å². The molecule has 6 rings (SSSR count). The highest BCUT2D eigenvalue weighted by Crippen LogP contribution is 2.69. The van der Waals surface area contributed by atoms with Gasteiger partial charge in [0.05, 0.1) is 12.2 Å². The van der Waals surface area contributed by atoms with Crippen LogP contribution in [0.15, 0.2) is 12.1 Å². The molecule has 0 aromatic heterocycles. The van der Waals surface area contributed by atoms with Crippen molar-refractivity contribution in [3.05, 3.63) is 23.3 Å². The SMILES string of the molecule is OC1C(O)C2C3(O)CN4CCC[C@@]24C1c1cc2c(cc13)OCO2. The van der Waals surface area contributed by atoms with Crippen LogP contribution in [0, 0.1) is 5.92 Å². The molecule has 0 radical (unpaired) electrons. The summed E-state index contributed by atoms with van der Waals surface area (Å²) in [5.41, 5.74) is 0.257. The van der Waals surface area contributed by atoms with Crippen LogP contribution >= 0.6 is 0 Å². The number of hydrogen-bond donors (Lipinski definition) is 3. The van der Waals surface area contributed by atoms with Crippen LogP contribution in [0.1, 0.15) is 29.9 Å². The van der Waals surface area contributed by atoms with E-state index < -0.39 is 17.8 Å². The molecule has 6 heteroatoms.